The van der Waals surface area contributed by atoms with Crippen LogP contribution in [-0.4, -0.2) is 14.2 Å². The van der Waals surface area contributed by atoms with Crippen molar-refractivity contribution >= 4 is 34.7 Å². The number of hydrogen-bond acceptors (Lipinski definition) is 3. The Labute approximate surface area is 246 Å². The first-order valence-corrected chi connectivity index (χ1v) is 14.3. The first-order chi connectivity index (χ1) is 20.7. The second kappa shape index (κ2) is 9.39. The average molecular weight is 544 g/mol. The Balaban J connectivity index is 1.40. The molecule has 202 valence electrons. The minimum absolute atomic E-state index is 0.522. The summed E-state index contributed by atoms with van der Waals surface area (Å²) in [6, 6.07) is 34.1. The second-order valence-corrected chi connectivity index (χ2v) is 10.9. The highest BCUT2D eigenvalue weighted by atomic mass is 16.5. The van der Waals surface area contributed by atoms with Crippen LogP contribution in [0.5, 0.6) is 11.5 Å². The van der Waals surface area contributed by atoms with Gasteiger partial charge in [-0.3, -0.25) is 0 Å². The number of ether oxygens (including phenoxy) is 2. The molecule has 0 aliphatic heterocycles. The van der Waals surface area contributed by atoms with Crippen molar-refractivity contribution in [2.75, 3.05) is 19.1 Å². The van der Waals surface area contributed by atoms with E-state index in [0.29, 0.717) is 0 Å². The first kappa shape index (κ1) is 24.5. The third-order valence-corrected chi connectivity index (χ3v) is 8.85. The molecule has 3 heteroatoms. The maximum atomic E-state index is 5.53. The lowest BCUT2D eigenvalue weighted by molar-refractivity contribution is 0.415. The van der Waals surface area contributed by atoms with Crippen LogP contribution in [0.3, 0.4) is 0 Å². The van der Waals surface area contributed by atoms with Crippen molar-refractivity contribution < 1.29 is 9.47 Å². The summed E-state index contributed by atoms with van der Waals surface area (Å²) in [4.78, 5) is 2.38. The van der Waals surface area contributed by atoms with Crippen molar-refractivity contribution in [3.8, 4) is 11.5 Å². The molecule has 0 fully saturated rings. The van der Waals surface area contributed by atoms with E-state index in [0.717, 1.165) is 22.9 Å². The van der Waals surface area contributed by atoms with E-state index in [1.54, 1.807) is 14.2 Å². The molecule has 0 N–H and O–H groups in total. The van der Waals surface area contributed by atoms with Gasteiger partial charge in [0.25, 0.3) is 0 Å². The summed E-state index contributed by atoms with van der Waals surface area (Å²) < 4.78 is 11.1. The highest BCUT2D eigenvalue weighted by Crippen LogP contribution is 2.63. The Morgan fingerprint density at radius 3 is 1.57 bits per heavy atom. The van der Waals surface area contributed by atoms with Crippen LogP contribution < -0.4 is 14.4 Å². The van der Waals surface area contributed by atoms with Crippen LogP contribution in [0.2, 0.25) is 0 Å². The topological polar surface area (TPSA) is 21.7 Å². The number of allylic oxidation sites excluding steroid dienone is 7. The minimum Gasteiger partial charge on any atom is -0.497 e. The Kier molecular flexibility index (Phi) is 5.48. The summed E-state index contributed by atoms with van der Waals surface area (Å²) in [5.74, 6) is 1.65. The van der Waals surface area contributed by atoms with Crippen molar-refractivity contribution in [3.63, 3.8) is 0 Å². The van der Waals surface area contributed by atoms with Crippen LogP contribution in [0.1, 0.15) is 22.3 Å². The van der Waals surface area contributed by atoms with Crippen LogP contribution >= 0.6 is 0 Å². The van der Waals surface area contributed by atoms with E-state index in [1.165, 1.54) is 50.2 Å². The fourth-order valence-corrected chi connectivity index (χ4v) is 6.91. The normalized spacial score (nSPS) is 19.0. The molecule has 0 saturated heterocycles. The van der Waals surface area contributed by atoms with Crippen molar-refractivity contribution in [1.82, 2.24) is 0 Å². The number of rotatable bonds is 5. The number of anilines is 2. The summed E-state index contributed by atoms with van der Waals surface area (Å²) >= 11 is 0. The second-order valence-electron chi connectivity index (χ2n) is 10.9. The lowest BCUT2D eigenvalue weighted by atomic mass is 9.63. The third-order valence-electron chi connectivity index (χ3n) is 8.85. The maximum absolute atomic E-state index is 5.53. The van der Waals surface area contributed by atoms with Crippen LogP contribution in [0.25, 0.3) is 23.3 Å². The van der Waals surface area contributed by atoms with Gasteiger partial charge in [0, 0.05) is 17.1 Å². The molecule has 0 bridgehead atoms. The molecule has 4 aliphatic rings. The van der Waals surface area contributed by atoms with E-state index < -0.39 is 5.41 Å². The predicted octanol–water partition coefficient (Wildman–Crippen LogP) is 9.26. The monoisotopic (exact) mass is 543 g/mol. The molecule has 42 heavy (non-hydrogen) atoms. The summed E-state index contributed by atoms with van der Waals surface area (Å²) in [5, 5.41) is 0. The quantitative estimate of drug-likeness (QED) is 0.250. The van der Waals surface area contributed by atoms with Crippen LogP contribution in [0.15, 0.2) is 144 Å². The van der Waals surface area contributed by atoms with Crippen molar-refractivity contribution in [2.45, 2.75) is 0 Å². The molecule has 1 spiro atoms. The van der Waals surface area contributed by atoms with Crippen molar-refractivity contribution in [3.05, 3.63) is 167 Å². The van der Waals surface area contributed by atoms with Gasteiger partial charge in [0.2, 0.25) is 0 Å². The molecule has 0 radical (unpaired) electrons. The van der Waals surface area contributed by atoms with E-state index in [1.807, 2.05) is 24.3 Å². The summed E-state index contributed by atoms with van der Waals surface area (Å²) in [7, 11) is 3.41. The van der Waals surface area contributed by atoms with E-state index in [9.17, 15) is 0 Å². The Morgan fingerprint density at radius 2 is 1.05 bits per heavy atom. The SMILES string of the molecule is COc1ccc(N(C2=CC=C3C(=Cc4ccccc43)C23C=CC=C2C3=Cc3ccccc32)c2ccc(OC)cc2)cc1. The van der Waals surface area contributed by atoms with Gasteiger partial charge < -0.3 is 14.4 Å². The van der Waals surface area contributed by atoms with Gasteiger partial charge in [0.15, 0.2) is 0 Å². The van der Waals surface area contributed by atoms with E-state index in [2.05, 4.69) is 120 Å². The first-order valence-electron chi connectivity index (χ1n) is 14.3. The van der Waals surface area contributed by atoms with E-state index in [4.69, 9.17) is 9.47 Å². The zero-order valence-electron chi connectivity index (χ0n) is 23.5. The van der Waals surface area contributed by atoms with Crippen LogP contribution in [0, 0.1) is 5.41 Å². The van der Waals surface area contributed by atoms with E-state index >= 15 is 0 Å². The number of methoxy groups -OCH3 is 2. The standard InChI is InChI=1S/C39H29NO2/c1-41-30-17-13-28(14-18-30)40(29-15-19-31(42-2)20-16-29)38-22-21-35-33-11-6-4-9-27(33)25-37(35)39(38)23-7-12-34-32-10-5-3-8-26(32)24-36(34)39/h3-25H,1-2H3. The molecular formula is C39H29NO2. The number of fused-ring (bicyclic) bond motifs is 8. The van der Waals surface area contributed by atoms with Gasteiger partial charge in [-0.2, -0.15) is 0 Å². The van der Waals surface area contributed by atoms with Gasteiger partial charge in [0.1, 0.15) is 11.5 Å². The predicted molar refractivity (Wildman–Crippen MR) is 173 cm³/mol. The fourth-order valence-electron chi connectivity index (χ4n) is 6.91. The lowest BCUT2D eigenvalue weighted by Crippen LogP contribution is -2.37. The fraction of sp³-hybridized carbons (Fsp3) is 0.0769. The van der Waals surface area contributed by atoms with Gasteiger partial charge in [-0.05, 0) is 111 Å². The molecule has 1 atom stereocenters. The molecule has 0 heterocycles. The molecule has 4 aromatic carbocycles. The number of hydrogen-bond donors (Lipinski definition) is 0. The summed E-state index contributed by atoms with van der Waals surface area (Å²) in [5.41, 5.74) is 13.0. The van der Waals surface area contributed by atoms with Gasteiger partial charge in [-0.1, -0.05) is 72.8 Å². The molecular weight excluding hydrogens is 514 g/mol. The Hall–Kier alpha value is -5.28. The number of nitrogens with zero attached hydrogens (tertiary/aromatic N) is 1. The molecule has 4 aromatic rings. The van der Waals surface area contributed by atoms with Crippen LogP contribution in [0.4, 0.5) is 11.4 Å². The molecule has 4 aliphatic carbocycles. The Bertz CT molecular complexity index is 1860. The van der Waals surface area contributed by atoms with Crippen molar-refractivity contribution in [2.24, 2.45) is 5.41 Å². The van der Waals surface area contributed by atoms with Gasteiger partial charge in [-0.15, -0.1) is 0 Å². The highest BCUT2D eigenvalue weighted by molar-refractivity contribution is 6.06. The average Bonchev–Trinajstić information content (AvgIpc) is 3.63. The summed E-state index contributed by atoms with van der Waals surface area (Å²) in [6.45, 7) is 0. The molecule has 0 aromatic heterocycles. The minimum atomic E-state index is -0.522. The zero-order chi connectivity index (χ0) is 28.3. The van der Waals surface area contributed by atoms with Gasteiger partial charge in [0.05, 0.1) is 19.6 Å². The molecule has 3 nitrogen and oxygen atoms in total. The Morgan fingerprint density at radius 1 is 0.548 bits per heavy atom. The maximum Gasteiger partial charge on any atom is 0.119 e. The number of benzene rings is 4. The summed E-state index contributed by atoms with van der Waals surface area (Å²) in [6.07, 6.45) is 16.3. The molecule has 0 amide bonds. The zero-order valence-corrected chi connectivity index (χ0v) is 23.5. The van der Waals surface area contributed by atoms with Crippen LogP contribution in [-0.2, 0) is 0 Å². The molecule has 8 rings (SSSR count). The third kappa shape index (κ3) is 3.47. The van der Waals surface area contributed by atoms with E-state index in [-0.39, 0.29) is 0 Å². The smallest absolute Gasteiger partial charge is 0.119 e. The lowest BCUT2D eigenvalue weighted by Gasteiger charge is -2.46. The highest BCUT2D eigenvalue weighted by Gasteiger charge is 2.50. The largest absolute Gasteiger partial charge is 0.497 e. The van der Waals surface area contributed by atoms with Crippen molar-refractivity contribution in [1.29, 1.82) is 0 Å². The molecule has 1 unspecified atom stereocenters. The van der Waals surface area contributed by atoms with Gasteiger partial charge >= 0.3 is 0 Å². The molecule has 0 saturated carbocycles. The van der Waals surface area contributed by atoms with Gasteiger partial charge in [-0.25, -0.2) is 0 Å².